The van der Waals surface area contributed by atoms with Gasteiger partial charge in [-0.25, -0.2) is 9.55 Å². The van der Waals surface area contributed by atoms with E-state index < -0.39 is 0 Å². The Labute approximate surface area is 323 Å². The van der Waals surface area contributed by atoms with Crippen LogP contribution in [-0.2, 0) is 0 Å². The number of aromatic nitrogens is 2. The molecule has 2 atom stereocenters. The van der Waals surface area contributed by atoms with E-state index in [0.717, 1.165) is 0 Å². The maximum absolute atomic E-state index is 3.78. The van der Waals surface area contributed by atoms with Crippen LogP contribution < -0.4 is 4.57 Å². The van der Waals surface area contributed by atoms with Gasteiger partial charge in [0.05, 0.1) is 12.0 Å². The zero-order chi connectivity index (χ0) is 36.7. The van der Waals surface area contributed by atoms with Gasteiger partial charge in [0.2, 0.25) is 0 Å². The van der Waals surface area contributed by atoms with Gasteiger partial charge in [0, 0.05) is 0 Å². The highest BCUT2D eigenvalue weighted by atomic mass is 15.1. The molecule has 51 heavy (non-hydrogen) atoms. The van der Waals surface area contributed by atoms with E-state index in [0.29, 0.717) is 12.0 Å². The van der Waals surface area contributed by atoms with E-state index in [1.54, 1.807) is 5.82 Å². The number of hydrogen-bond donors (Lipinski definition) is 1. The van der Waals surface area contributed by atoms with Crippen molar-refractivity contribution < 1.29 is 4.57 Å². The SMILES string of the molecule is CCCCCCCCCCCCCCCCCCC(CCCCCCCCCCC)c1[nH]cc[n+]1C(C)CCCCCCCCCCCCCC. The lowest BCUT2D eigenvalue weighted by molar-refractivity contribution is -0.727. The first kappa shape index (κ1) is 48.2. The van der Waals surface area contributed by atoms with Crippen LogP contribution in [0.25, 0.3) is 0 Å². The number of hydrogen-bond acceptors (Lipinski definition) is 0. The lowest BCUT2D eigenvalue weighted by atomic mass is 9.92. The minimum Gasteiger partial charge on any atom is -0.247 e. The van der Waals surface area contributed by atoms with Crippen molar-refractivity contribution in [2.75, 3.05) is 0 Å². The summed E-state index contributed by atoms with van der Waals surface area (Å²) >= 11 is 0. The molecule has 0 saturated heterocycles. The number of nitrogens with zero attached hydrogens (tertiary/aromatic N) is 1. The van der Waals surface area contributed by atoms with Crippen molar-refractivity contribution in [3.05, 3.63) is 18.2 Å². The van der Waals surface area contributed by atoms with Crippen molar-refractivity contribution in [1.82, 2.24) is 4.98 Å². The van der Waals surface area contributed by atoms with E-state index in [-0.39, 0.29) is 0 Å². The predicted octanol–water partition coefficient (Wildman–Crippen LogP) is 17.6. The van der Waals surface area contributed by atoms with Gasteiger partial charge in [-0.15, -0.1) is 0 Å². The summed E-state index contributed by atoms with van der Waals surface area (Å²) in [6.45, 7) is 9.44. The van der Waals surface area contributed by atoms with Gasteiger partial charge >= 0.3 is 0 Å². The monoisotopic (exact) mass is 714 g/mol. The Morgan fingerprint density at radius 2 is 0.627 bits per heavy atom. The van der Waals surface area contributed by atoms with Crippen LogP contribution in [-0.4, -0.2) is 4.98 Å². The average Bonchev–Trinajstić information content (AvgIpc) is 3.63. The molecule has 2 nitrogen and oxygen atoms in total. The Morgan fingerprint density at radius 1 is 0.373 bits per heavy atom. The van der Waals surface area contributed by atoms with E-state index in [9.17, 15) is 0 Å². The molecule has 0 saturated carbocycles. The van der Waals surface area contributed by atoms with Crippen LogP contribution in [0.3, 0.4) is 0 Å². The fraction of sp³-hybridized carbons (Fsp3) is 0.939. The topological polar surface area (TPSA) is 19.7 Å². The second kappa shape index (κ2) is 38.9. The summed E-state index contributed by atoms with van der Waals surface area (Å²) in [4.78, 5) is 3.78. The Bertz CT molecular complexity index is 783. The van der Waals surface area contributed by atoms with Crippen molar-refractivity contribution >= 4 is 0 Å². The van der Waals surface area contributed by atoms with Crippen LogP contribution >= 0.6 is 0 Å². The van der Waals surface area contributed by atoms with Gasteiger partial charge in [-0.05, 0) is 32.6 Å². The van der Waals surface area contributed by atoms with Crippen LogP contribution in [0, 0.1) is 0 Å². The highest BCUT2D eigenvalue weighted by Crippen LogP contribution is 2.28. The normalized spacial score (nSPS) is 12.9. The van der Waals surface area contributed by atoms with Crippen LogP contribution in [0.1, 0.15) is 302 Å². The molecule has 1 heterocycles. The Balaban J connectivity index is 2.34. The van der Waals surface area contributed by atoms with Crippen molar-refractivity contribution in [2.45, 2.75) is 296 Å². The predicted molar refractivity (Wildman–Crippen MR) is 230 cm³/mol. The minimum absolute atomic E-state index is 0.616. The van der Waals surface area contributed by atoms with E-state index in [4.69, 9.17) is 0 Å². The number of H-pyrrole nitrogens is 1. The lowest BCUT2D eigenvalue weighted by Gasteiger charge is -2.17. The standard InChI is InChI=1S/C49H96N2/c1-5-8-11-14-17-20-22-24-25-26-27-29-32-35-38-41-44-48(43-40-37-34-30-19-16-13-10-7-3)49-50-45-46-51(49)47(4)42-39-36-33-31-28-23-21-18-15-12-9-6-2/h45-48H,5-44H2,1-4H3/p+1. The smallest absolute Gasteiger partial charge is 0.247 e. The first-order chi connectivity index (χ1) is 25.2. The molecule has 0 aliphatic carbocycles. The van der Waals surface area contributed by atoms with Crippen molar-refractivity contribution in [3.8, 4) is 0 Å². The van der Waals surface area contributed by atoms with Crippen LogP contribution in [0.15, 0.2) is 12.4 Å². The maximum Gasteiger partial charge on any atom is 0.257 e. The third-order valence-corrected chi connectivity index (χ3v) is 12.1. The van der Waals surface area contributed by atoms with Crippen molar-refractivity contribution in [1.29, 1.82) is 0 Å². The van der Waals surface area contributed by atoms with Crippen LogP contribution in [0.2, 0.25) is 0 Å². The van der Waals surface area contributed by atoms with E-state index in [1.807, 2.05) is 0 Å². The number of unbranched alkanes of at least 4 members (excludes halogenated alkanes) is 34. The molecule has 1 aromatic heterocycles. The first-order valence-corrected chi connectivity index (χ1v) is 24.3. The molecule has 302 valence electrons. The molecule has 0 radical (unpaired) electrons. The van der Waals surface area contributed by atoms with Gasteiger partial charge in [-0.3, -0.25) is 0 Å². The fourth-order valence-corrected chi connectivity index (χ4v) is 8.55. The van der Waals surface area contributed by atoms with Gasteiger partial charge in [-0.1, -0.05) is 252 Å². The molecule has 0 fully saturated rings. The third-order valence-electron chi connectivity index (χ3n) is 12.1. The summed E-state index contributed by atoms with van der Waals surface area (Å²) in [6, 6.07) is 0.616. The summed E-state index contributed by atoms with van der Waals surface area (Å²) in [6.07, 6.45) is 62.1. The highest BCUT2D eigenvalue weighted by Gasteiger charge is 2.25. The second-order valence-electron chi connectivity index (χ2n) is 17.2. The maximum atomic E-state index is 3.78. The Morgan fingerprint density at radius 3 is 0.922 bits per heavy atom. The van der Waals surface area contributed by atoms with Crippen molar-refractivity contribution in [2.24, 2.45) is 0 Å². The van der Waals surface area contributed by atoms with Crippen molar-refractivity contribution in [3.63, 3.8) is 0 Å². The van der Waals surface area contributed by atoms with E-state index in [1.165, 1.54) is 257 Å². The number of rotatable bonds is 42. The van der Waals surface area contributed by atoms with Gasteiger partial charge in [0.1, 0.15) is 12.4 Å². The van der Waals surface area contributed by atoms with Gasteiger partial charge < -0.3 is 0 Å². The summed E-state index contributed by atoms with van der Waals surface area (Å²) in [7, 11) is 0. The first-order valence-electron chi connectivity index (χ1n) is 24.3. The Hall–Kier alpha value is -0.790. The van der Waals surface area contributed by atoms with Gasteiger partial charge in [0.25, 0.3) is 5.82 Å². The number of aromatic amines is 1. The van der Waals surface area contributed by atoms with E-state index in [2.05, 4.69) is 49.6 Å². The van der Waals surface area contributed by atoms with Gasteiger partial charge in [0.15, 0.2) is 0 Å². The zero-order valence-corrected chi connectivity index (χ0v) is 36.0. The third kappa shape index (κ3) is 30.3. The molecule has 1 rings (SSSR count). The summed E-state index contributed by atoms with van der Waals surface area (Å²) in [5.74, 6) is 2.25. The molecule has 0 aromatic carbocycles. The Kier molecular flexibility index (Phi) is 36.8. The largest absolute Gasteiger partial charge is 0.257 e. The summed E-state index contributed by atoms with van der Waals surface area (Å²) in [5.41, 5.74) is 0. The quantitative estimate of drug-likeness (QED) is 0.0514. The number of imidazole rings is 1. The van der Waals surface area contributed by atoms with Crippen LogP contribution in [0.4, 0.5) is 0 Å². The molecule has 0 spiro atoms. The molecule has 0 aliphatic rings. The van der Waals surface area contributed by atoms with E-state index >= 15 is 0 Å². The van der Waals surface area contributed by atoms with Crippen LogP contribution in [0.5, 0.6) is 0 Å². The summed E-state index contributed by atoms with van der Waals surface area (Å²) < 4.78 is 2.66. The molecular formula is C49H97N2+. The molecule has 2 unspecified atom stereocenters. The molecular weight excluding hydrogens is 617 g/mol. The molecule has 0 bridgehead atoms. The fourth-order valence-electron chi connectivity index (χ4n) is 8.55. The molecule has 2 heteroatoms. The highest BCUT2D eigenvalue weighted by molar-refractivity contribution is 4.90. The average molecular weight is 714 g/mol. The lowest BCUT2D eigenvalue weighted by Crippen LogP contribution is -2.41. The molecule has 0 aliphatic heterocycles. The second-order valence-corrected chi connectivity index (χ2v) is 17.2. The van der Waals surface area contributed by atoms with Gasteiger partial charge in [-0.2, -0.15) is 0 Å². The minimum atomic E-state index is 0.616. The molecule has 0 amide bonds. The zero-order valence-electron chi connectivity index (χ0n) is 36.0. The molecule has 1 aromatic rings. The summed E-state index contributed by atoms with van der Waals surface area (Å²) in [5, 5.41) is 0. The number of nitrogens with one attached hydrogen (secondary N) is 1. The molecule has 1 N–H and O–H groups in total.